The fraction of sp³-hybridized carbons (Fsp3) is 0.467. The Labute approximate surface area is 124 Å². The maximum Gasteiger partial charge on any atom is 0.407 e. The van der Waals surface area contributed by atoms with Gasteiger partial charge in [0.25, 0.3) is 0 Å². The molecule has 0 spiro atoms. The summed E-state index contributed by atoms with van der Waals surface area (Å²) in [6, 6.07) is 7.02. The maximum atomic E-state index is 12.0. The summed E-state index contributed by atoms with van der Waals surface area (Å²) in [5, 5.41) is 2.71. The standard InChI is InChI=1S/C15H20N2O4/c1-10(2)21-15(19)16-11-8-14(18)17(9-11)12-4-6-13(20-3)7-5-12/h4-7,10-11H,8-9H2,1-3H3,(H,16,19)/t11-/m0/s1. The first-order valence-corrected chi connectivity index (χ1v) is 6.91. The van der Waals surface area contributed by atoms with E-state index in [2.05, 4.69) is 5.32 Å². The Balaban J connectivity index is 1.97. The Morgan fingerprint density at radius 2 is 2.00 bits per heavy atom. The number of benzene rings is 1. The molecule has 6 heteroatoms. The number of anilines is 1. The number of hydrogen-bond donors (Lipinski definition) is 1. The Morgan fingerprint density at radius 1 is 1.33 bits per heavy atom. The van der Waals surface area contributed by atoms with Gasteiger partial charge in [-0.05, 0) is 38.1 Å². The van der Waals surface area contributed by atoms with Gasteiger partial charge in [-0.2, -0.15) is 0 Å². The highest BCUT2D eigenvalue weighted by molar-refractivity contribution is 5.96. The summed E-state index contributed by atoms with van der Waals surface area (Å²) < 4.78 is 10.1. The zero-order valence-corrected chi connectivity index (χ0v) is 12.5. The monoisotopic (exact) mass is 292 g/mol. The van der Waals surface area contributed by atoms with Crippen LogP contribution in [0.3, 0.4) is 0 Å². The van der Waals surface area contributed by atoms with Crippen LogP contribution in [0.25, 0.3) is 0 Å². The number of amides is 2. The third-order valence-corrected chi connectivity index (χ3v) is 3.17. The average Bonchev–Trinajstić information content (AvgIpc) is 2.78. The first-order valence-electron chi connectivity index (χ1n) is 6.91. The number of nitrogens with one attached hydrogen (secondary N) is 1. The van der Waals surface area contributed by atoms with Crippen LogP contribution in [0.1, 0.15) is 20.3 Å². The molecule has 0 radical (unpaired) electrons. The lowest BCUT2D eigenvalue weighted by molar-refractivity contribution is -0.117. The van der Waals surface area contributed by atoms with E-state index < -0.39 is 6.09 Å². The molecular formula is C15H20N2O4. The predicted octanol–water partition coefficient (Wildman–Crippen LogP) is 1.94. The third-order valence-electron chi connectivity index (χ3n) is 3.17. The lowest BCUT2D eigenvalue weighted by Crippen LogP contribution is -2.38. The molecule has 6 nitrogen and oxygen atoms in total. The van der Waals surface area contributed by atoms with Gasteiger partial charge in [-0.25, -0.2) is 4.79 Å². The summed E-state index contributed by atoms with van der Waals surface area (Å²) in [7, 11) is 1.59. The average molecular weight is 292 g/mol. The van der Waals surface area contributed by atoms with E-state index in [1.54, 1.807) is 38.0 Å². The summed E-state index contributed by atoms with van der Waals surface area (Å²) in [5.41, 5.74) is 0.794. The molecule has 21 heavy (non-hydrogen) atoms. The minimum Gasteiger partial charge on any atom is -0.497 e. The molecule has 0 aromatic heterocycles. The number of carbonyl (C=O) groups is 2. The second kappa shape index (κ2) is 6.47. The van der Waals surface area contributed by atoms with Gasteiger partial charge in [0.1, 0.15) is 5.75 Å². The van der Waals surface area contributed by atoms with Crippen LogP contribution in [-0.2, 0) is 9.53 Å². The van der Waals surface area contributed by atoms with Crippen molar-refractivity contribution in [2.24, 2.45) is 0 Å². The van der Waals surface area contributed by atoms with Crippen LogP contribution in [0, 0.1) is 0 Å². The number of hydrogen-bond acceptors (Lipinski definition) is 4. The highest BCUT2D eigenvalue weighted by atomic mass is 16.6. The molecule has 0 saturated carbocycles. The fourth-order valence-electron chi connectivity index (χ4n) is 2.23. The zero-order chi connectivity index (χ0) is 15.4. The van der Waals surface area contributed by atoms with Gasteiger partial charge in [0.15, 0.2) is 0 Å². The van der Waals surface area contributed by atoms with Gasteiger partial charge in [-0.3, -0.25) is 4.79 Å². The van der Waals surface area contributed by atoms with Gasteiger partial charge in [-0.1, -0.05) is 0 Å². The lowest BCUT2D eigenvalue weighted by atomic mass is 10.2. The van der Waals surface area contributed by atoms with Crippen molar-refractivity contribution in [3.8, 4) is 5.75 Å². The second-order valence-corrected chi connectivity index (χ2v) is 5.20. The van der Waals surface area contributed by atoms with E-state index in [1.165, 1.54) is 0 Å². The molecule has 1 aliphatic rings. The summed E-state index contributed by atoms with van der Waals surface area (Å²) >= 11 is 0. The second-order valence-electron chi connectivity index (χ2n) is 5.20. The fourth-order valence-corrected chi connectivity index (χ4v) is 2.23. The van der Waals surface area contributed by atoms with Crippen molar-refractivity contribution in [1.82, 2.24) is 5.32 Å². The van der Waals surface area contributed by atoms with Crippen LogP contribution >= 0.6 is 0 Å². The molecular weight excluding hydrogens is 272 g/mol. The van der Waals surface area contributed by atoms with E-state index in [0.29, 0.717) is 6.54 Å². The van der Waals surface area contributed by atoms with Crippen LogP contribution in [0.15, 0.2) is 24.3 Å². The number of rotatable bonds is 4. The van der Waals surface area contributed by atoms with Gasteiger partial charge < -0.3 is 19.7 Å². The minimum atomic E-state index is -0.487. The van der Waals surface area contributed by atoms with Gasteiger partial charge in [0.05, 0.1) is 19.3 Å². The van der Waals surface area contributed by atoms with E-state index in [4.69, 9.17) is 9.47 Å². The molecule has 1 saturated heterocycles. The van der Waals surface area contributed by atoms with Gasteiger partial charge in [0, 0.05) is 18.7 Å². The normalized spacial score (nSPS) is 18.0. The predicted molar refractivity (Wildman–Crippen MR) is 78.5 cm³/mol. The number of carbonyl (C=O) groups excluding carboxylic acids is 2. The molecule has 0 aliphatic carbocycles. The van der Waals surface area contributed by atoms with Crippen LogP contribution in [0.4, 0.5) is 10.5 Å². The van der Waals surface area contributed by atoms with Crippen molar-refractivity contribution in [2.75, 3.05) is 18.6 Å². The Kier molecular flexibility index (Phi) is 4.67. The van der Waals surface area contributed by atoms with Crippen LogP contribution in [0.2, 0.25) is 0 Å². The summed E-state index contributed by atoms with van der Waals surface area (Å²) in [4.78, 5) is 25.3. The van der Waals surface area contributed by atoms with Crippen LogP contribution in [0.5, 0.6) is 5.75 Å². The molecule has 1 fully saturated rings. The van der Waals surface area contributed by atoms with Crippen LogP contribution < -0.4 is 15.0 Å². The first kappa shape index (κ1) is 15.2. The van der Waals surface area contributed by atoms with Crippen molar-refractivity contribution < 1.29 is 19.1 Å². The molecule has 1 aromatic carbocycles. The summed E-state index contributed by atoms with van der Waals surface area (Å²) in [5.74, 6) is 0.718. The molecule has 1 heterocycles. The molecule has 114 valence electrons. The summed E-state index contributed by atoms with van der Waals surface area (Å²) in [6.45, 7) is 4.00. The lowest BCUT2D eigenvalue weighted by Gasteiger charge is -2.18. The van der Waals surface area contributed by atoms with Crippen molar-refractivity contribution >= 4 is 17.7 Å². The van der Waals surface area contributed by atoms with Gasteiger partial charge >= 0.3 is 6.09 Å². The van der Waals surface area contributed by atoms with E-state index in [-0.39, 0.29) is 24.5 Å². The molecule has 0 unspecified atom stereocenters. The topological polar surface area (TPSA) is 67.9 Å². The van der Waals surface area contributed by atoms with E-state index in [1.807, 2.05) is 12.1 Å². The van der Waals surface area contributed by atoms with Crippen molar-refractivity contribution in [2.45, 2.75) is 32.4 Å². The Morgan fingerprint density at radius 3 is 2.57 bits per heavy atom. The largest absolute Gasteiger partial charge is 0.497 e. The van der Waals surface area contributed by atoms with E-state index >= 15 is 0 Å². The molecule has 1 N–H and O–H groups in total. The highest BCUT2D eigenvalue weighted by Crippen LogP contribution is 2.24. The number of nitrogens with zero attached hydrogens (tertiary/aromatic N) is 1. The molecule has 2 rings (SSSR count). The SMILES string of the molecule is COc1ccc(N2C[C@@H](NC(=O)OC(C)C)CC2=O)cc1. The first-order chi connectivity index (χ1) is 9.99. The van der Waals surface area contributed by atoms with Crippen molar-refractivity contribution in [1.29, 1.82) is 0 Å². The smallest absolute Gasteiger partial charge is 0.407 e. The third kappa shape index (κ3) is 3.87. The molecule has 1 atom stereocenters. The maximum absolute atomic E-state index is 12.0. The van der Waals surface area contributed by atoms with E-state index in [9.17, 15) is 9.59 Å². The minimum absolute atomic E-state index is 0.0185. The number of ether oxygens (including phenoxy) is 2. The summed E-state index contributed by atoms with van der Waals surface area (Å²) in [6.07, 6.45) is -0.390. The van der Waals surface area contributed by atoms with Gasteiger partial charge in [0.2, 0.25) is 5.91 Å². The Bertz CT molecular complexity index is 513. The van der Waals surface area contributed by atoms with Crippen molar-refractivity contribution in [3.63, 3.8) is 0 Å². The molecule has 1 aliphatic heterocycles. The Hall–Kier alpha value is -2.24. The zero-order valence-electron chi connectivity index (χ0n) is 12.5. The highest BCUT2D eigenvalue weighted by Gasteiger charge is 2.32. The molecule has 2 amide bonds. The number of methoxy groups -OCH3 is 1. The number of alkyl carbamates (subject to hydrolysis) is 1. The van der Waals surface area contributed by atoms with Gasteiger partial charge in [-0.15, -0.1) is 0 Å². The molecule has 1 aromatic rings. The van der Waals surface area contributed by atoms with Crippen LogP contribution in [-0.4, -0.2) is 37.8 Å². The van der Waals surface area contributed by atoms with E-state index in [0.717, 1.165) is 11.4 Å². The quantitative estimate of drug-likeness (QED) is 0.921. The van der Waals surface area contributed by atoms with Crippen molar-refractivity contribution in [3.05, 3.63) is 24.3 Å². The molecule has 0 bridgehead atoms.